The van der Waals surface area contributed by atoms with Gasteiger partial charge >= 0.3 is 36.3 Å². The molecule has 65 heavy (non-hydrogen) atoms. The molecular formula is C43H63N7O14S. The normalized spacial score (nSPS) is 15.2. The van der Waals surface area contributed by atoms with Crippen molar-refractivity contribution in [2.75, 3.05) is 31.6 Å². The number of aliphatic imine (C=N–C) groups is 1. The van der Waals surface area contributed by atoms with Crippen LogP contribution in [0.15, 0.2) is 39.8 Å². The van der Waals surface area contributed by atoms with Gasteiger partial charge in [-0.15, -0.1) is 11.3 Å². The van der Waals surface area contributed by atoms with Gasteiger partial charge in [0.15, 0.2) is 5.13 Å². The van der Waals surface area contributed by atoms with Gasteiger partial charge in [0.1, 0.15) is 46.1 Å². The van der Waals surface area contributed by atoms with Gasteiger partial charge in [-0.3, -0.25) is 5.32 Å². The number of carboxylic acids is 1. The molecule has 0 spiro atoms. The molecule has 3 rings (SSSR count). The molecule has 4 amide bonds. The number of amides is 4. The fraction of sp³-hybridized carbons (Fsp3) is 0.605. The van der Waals surface area contributed by atoms with E-state index in [0.717, 1.165) is 16.2 Å². The number of aliphatic carboxylic acids is 1. The summed E-state index contributed by atoms with van der Waals surface area (Å²) in [5, 5.41) is 20.1. The van der Waals surface area contributed by atoms with E-state index in [-0.39, 0.29) is 42.2 Å². The lowest BCUT2D eigenvalue weighted by Gasteiger charge is -2.31. The van der Waals surface area contributed by atoms with E-state index in [2.05, 4.69) is 20.8 Å². The van der Waals surface area contributed by atoms with E-state index in [0.29, 0.717) is 5.56 Å². The number of nitrogens with zero attached hydrogens (tertiary/aromatic N) is 5. The van der Waals surface area contributed by atoms with Crippen LogP contribution in [0, 0.1) is 0 Å². The Hall–Kier alpha value is -6.19. The molecule has 0 fully saturated rings. The van der Waals surface area contributed by atoms with Crippen molar-refractivity contribution in [3.63, 3.8) is 0 Å². The number of carboxylic acid groups (broad SMARTS) is 1. The summed E-state index contributed by atoms with van der Waals surface area (Å²) < 4.78 is 33.3. The van der Waals surface area contributed by atoms with Crippen LogP contribution in [-0.4, -0.2) is 128 Å². The van der Waals surface area contributed by atoms with Crippen LogP contribution in [0.2, 0.25) is 0 Å². The number of carbonyl (C=O) groups is 6. The number of hydrogen-bond acceptors (Lipinski definition) is 17. The standard InChI is InChI=1S/C43H63N7O14S/c1-39(2,3)59-32(53)29(64-48-30(31(51)52)28-24-65-33(45-28)47-36(55)61-41(7,8)9)23-58-26-18-16-25(17-19-26)27-22-50(38(57)63-43(13,14)15)34(46-27)49(37(56)62-42(10,11)12)21-20-44-35(54)60-40(4,5)6/h16-19,24,27,29H,20-23H2,1-15H3,(H,44,54)(H,51,52)(H,45,47,55)/b48-30+/t27-,29+/m1/s1. The highest BCUT2D eigenvalue weighted by molar-refractivity contribution is 7.14. The first-order valence-electron chi connectivity index (χ1n) is 20.6. The summed E-state index contributed by atoms with van der Waals surface area (Å²) >= 11 is 0.915. The van der Waals surface area contributed by atoms with Crippen molar-refractivity contribution < 1.29 is 67.1 Å². The summed E-state index contributed by atoms with van der Waals surface area (Å²) in [5.74, 6) is -2.26. The third-order valence-corrected chi connectivity index (χ3v) is 8.26. The number of hydrogen-bond donors (Lipinski definition) is 3. The van der Waals surface area contributed by atoms with Crippen molar-refractivity contribution >= 4 is 64.5 Å². The number of aromatic nitrogens is 1. The highest BCUT2D eigenvalue weighted by atomic mass is 32.1. The van der Waals surface area contributed by atoms with Gasteiger partial charge in [0.2, 0.25) is 11.7 Å². The Bertz CT molecular complexity index is 2090. The smallest absolute Gasteiger partial charge is 0.417 e. The average molecular weight is 934 g/mol. The molecule has 21 nitrogen and oxygen atoms in total. The maximum Gasteiger partial charge on any atom is 0.417 e. The number of carbonyl (C=O) groups excluding carboxylic acids is 5. The van der Waals surface area contributed by atoms with E-state index in [9.17, 15) is 33.9 Å². The number of anilines is 1. The first-order chi connectivity index (χ1) is 29.7. The Morgan fingerprint density at radius 2 is 1.35 bits per heavy atom. The van der Waals surface area contributed by atoms with E-state index < -0.39 is 88.8 Å². The molecule has 3 N–H and O–H groups in total. The van der Waals surface area contributed by atoms with Crippen LogP contribution in [0.3, 0.4) is 0 Å². The summed E-state index contributed by atoms with van der Waals surface area (Å²) in [6, 6.07) is 5.75. The van der Waals surface area contributed by atoms with Crippen molar-refractivity contribution in [2.24, 2.45) is 10.1 Å². The lowest BCUT2D eigenvalue weighted by atomic mass is 10.1. The Balaban J connectivity index is 1.89. The van der Waals surface area contributed by atoms with Crippen LogP contribution >= 0.6 is 11.3 Å². The number of thiazole rings is 1. The molecule has 0 saturated heterocycles. The largest absolute Gasteiger partial charge is 0.489 e. The third-order valence-electron chi connectivity index (χ3n) is 7.51. The second kappa shape index (κ2) is 21.2. The molecule has 1 aliphatic rings. The minimum atomic E-state index is -1.56. The Kier molecular flexibility index (Phi) is 17.3. The van der Waals surface area contributed by atoms with E-state index >= 15 is 0 Å². The van der Waals surface area contributed by atoms with Crippen LogP contribution in [0.1, 0.15) is 121 Å². The molecule has 0 aliphatic carbocycles. The van der Waals surface area contributed by atoms with E-state index in [1.807, 2.05) is 0 Å². The van der Waals surface area contributed by atoms with Gasteiger partial charge < -0.3 is 43.7 Å². The predicted octanol–water partition coefficient (Wildman–Crippen LogP) is 7.49. The molecule has 0 radical (unpaired) electrons. The minimum absolute atomic E-state index is 0.0312. The minimum Gasteiger partial charge on any atom is -0.489 e. The first kappa shape index (κ1) is 53.2. The molecule has 2 atom stereocenters. The van der Waals surface area contributed by atoms with Crippen molar-refractivity contribution in [3.05, 3.63) is 40.9 Å². The Morgan fingerprint density at radius 3 is 1.89 bits per heavy atom. The van der Waals surface area contributed by atoms with Gasteiger partial charge in [0.25, 0.3) is 6.10 Å². The average Bonchev–Trinajstić information content (AvgIpc) is 3.75. The highest BCUT2D eigenvalue weighted by Crippen LogP contribution is 2.30. The molecular weight excluding hydrogens is 871 g/mol. The monoisotopic (exact) mass is 933 g/mol. The highest BCUT2D eigenvalue weighted by Gasteiger charge is 2.40. The second-order valence-electron chi connectivity index (χ2n) is 19.5. The molecule has 0 bridgehead atoms. The lowest BCUT2D eigenvalue weighted by Crippen LogP contribution is -2.52. The summed E-state index contributed by atoms with van der Waals surface area (Å²) in [6.07, 6.45) is -4.67. The van der Waals surface area contributed by atoms with E-state index in [4.69, 9.17) is 38.3 Å². The zero-order valence-electron chi connectivity index (χ0n) is 39.8. The summed E-state index contributed by atoms with van der Waals surface area (Å²) in [5.41, 5.74) is -4.58. The molecule has 2 heterocycles. The van der Waals surface area contributed by atoms with Crippen LogP contribution in [0.5, 0.6) is 5.75 Å². The van der Waals surface area contributed by atoms with Gasteiger partial charge in [-0.2, -0.15) is 0 Å². The van der Waals surface area contributed by atoms with Gasteiger partial charge in [0, 0.05) is 18.5 Å². The SMILES string of the molecule is CC(C)(C)OC(=O)NCCN(C(=O)OC(C)(C)C)C1=N[C@@H](c2ccc(OC[C@H](O/N=C(/C(=O)O)c3csc(NC(=O)OC(C)(C)C)n3)C(=O)OC(C)(C)C)cc2)CN1C(=O)OC(C)(C)C. The molecule has 1 aromatic carbocycles. The van der Waals surface area contributed by atoms with E-state index in [1.165, 1.54) is 10.3 Å². The molecule has 1 aliphatic heterocycles. The van der Waals surface area contributed by atoms with Crippen LogP contribution in [-0.2, 0) is 38.1 Å². The number of guanidine groups is 1. The number of ether oxygens (including phenoxy) is 6. The van der Waals surface area contributed by atoms with Crippen molar-refractivity contribution in [3.8, 4) is 5.75 Å². The van der Waals surface area contributed by atoms with Crippen molar-refractivity contribution in [1.82, 2.24) is 20.1 Å². The maximum atomic E-state index is 13.7. The van der Waals surface area contributed by atoms with Crippen LogP contribution < -0.4 is 15.4 Å². The second-order valence-corrected chi connectivity index (χ2v) is 20.4. The first-order valence-corrected chi connectivity index (χ1v) is 21.5. The lowest BCUT2D eigenvalue weighted by molar-refractivity contribution is -0.170. The Morgan fingerprint density at radius 1 is 0.800 bits per heavy atom. The van der Waals surface area contributed by atoms with Crippen LogP contribution in [0.25, 0.3) is 0 Å². The fourth-order valence-electron chi connectivity index (χ4n) is 5.16. The summed E-state index contributed by atoms with van der Waals surface area (Å²) in [6.45, 7) is 24.5. The zero-order valence-corrected chi connectivity index (χ0v) is 40.6. The number of nitrogens with one attached hydrogen (secondary N) is 2. The molecule has 1 aromatic heterocycles. The number of esters is 1. The zero-order chi connectivity index (χ0) is 49.3. The predicted molar refractivity (Wildman–Crippen MR) is 239 cm³/mol. The molecule has 360 valence electrons. The van der Waals surface area contributed by atoms with Crippen molar-refractivity contribution in [1.29, 1.82) is 0 Å². The fourth-order valence-corrected chi connectivity index (χ4v) is 5.84. The van der Waals surface area contributed by atoms with E-state index in [1.54, 1.807) is 128 Å². The molecule has 2 aromatic rings. The van der Waals surface area contributed by atoms with Gasteiger partial charge in [0.05, 0.1) is 12.6 Å². The number of rotatable bonds is 13. The van der Waals surface area contributed by atoms with Gasteiger partial charge in [-0.1, -0.05) is 17.3 Å². The maximum absolute atomic E-state index is 13.7. The summed E-state index contributed by atoms with van der Waals surface area (Å²) in [4.78, 5) is 94.2. The van der Waals surface area contributed by atoms with Gasteiger partial charge in [-0.25, -0.2) is 48.5 Å². The van der Waals surface area contributed by atoms with Gasteiger partial charge in [-0.05, 0) is 122 Å². The molecule has 22 heteroatoms. The molecule has 0 saturated carbocycles. The number of alkyl carbamates (subject to hydrolysis) is 1. The number of oxime groups is 1. The van der Waals surface area contributed by atoms with Crippen molar-refractivity contribution in [2.45, 2.75) is 144 Å². The Labute approximate surface area is 383 Å². The quantitative estimate of drug-likeness (QED) is 0.0761. The van der Waals surface area contributed by atoms with Crippen LogP contribution in [0.4, 0.5) is 24.3 Å². The molecule has 0 unspecified atom stereocenters. The number of benzene rings is 1. The third kappa shape index (κ3) is 18.8. The topological polar surface area (TPSA) is 255 Å². The summed E-state index contributed by atoms with van der Waals surface area (Å²) in [7, 11) is 0.